The minimum atomic E-state index is -0.0653. The highest BCUT2D eigenvalue weighted by Gasteiger charge is 2.25. The van der Waals surface area contributed by atoms with E-state index in [1.165, 1.54) is 5.56 Å². The van der Waals surface area contributed by atoms with Crippen LogP contribution in [0, 0.1) is 0 Å². The van der Waals surface area contributed by atoms with Crippen molar-refractivity contribution in [1.82, 2.24) is 0 Å². The highest BCUT2D eigenvalue weighted by Crippen LogP contribution is 2.33. The third-order valence-electron chi connectivity index (χ3n) is 3.08. The first-order valence-corrected chi connectivity index (χ1v) is 6.22. The number of fused-ring (bicyclic) bond motifs is 1. The number of nitrogens with zero attached hydrogens (tertiary/aromatic N) is 1. The van der Waals surface area contributed by atoms with Gasteiger partial charge in [0.1, 0.15) is 6.61 Å². The number of hydrogen-bond acceptors (Lipinski definition) is 4. The summed E-state index contributed by atoms with van der Waals surface area (Å²) in [5.41, 5.74) is 1.15. The molecule has 0 saturated carbocycles. The van der Waals surface area contributed by atoms with E-state index < -0.39 is 0 Å². The fraction of sp³-hybridized carbons (Fsp3) is 0.500. The summed E-state index contributed by atoms with van der Waals surface area (Å²) in [6.07, 6.45) is 1.74. The van der Waals surface area contributed by atoms with Crippen molar-refractivity contribution < 1.29 is 14.2 Å². The van der Waals surface area contributed by atoms with Crippen molar-refractivity contribution in [3.8, 4) is 11.5 Å². The second kappa shape index (κ2) is 4.19. The van der Waals surface area contributed by atoms with Gasteiger partial charge in [0, 0.05) is 6.42 Å². The first-order valence-electron chi connectivity index (χ1n) is 6.22. The Morgan fingerprint density at radius 3 is 2.72 bits per heavy atom. The lowest BCUT2D eigenvalue weighted by atomic mass is 10.1. The Hall–Kier alpha value is -1.71. The van der Waals surface area contributed by atoms with E-state index in [9.17, 15) is 0 Å². The molecular formula is C14H17NO3. The molecule has 1 aromatic carbocycles. The second-order valence-corrected chi connectivity index (χ2v) is 5.29. The van der Waals surface area contributed by atoms with Gasteiger partial charge in [0.05, 0.1) is 5.54 Å². The Bertz CT molecular complexity index is 494. The summed E-state index contributed by atoms with van der Waals surface area (Å²) in [6.45, 7) is 5.17. The largest absolute Gasteiger partial charge is 0.478 e. The van der Waals surface area contributed by atoms with Gasteiger partial charge in [-0.25, -0.2) is 4.99 Å². The third-order valence-corrected chi connectivity index (χ3v) is 3.08. The van der Waals surface area contributed by atoms with Crippen LogP contribution in [0.1, 0.15) is 25.8 Å². The van der Waals surface area contributed by atoms with Gasteiger partial charge in [-0.1, -0.05) is 6.07 Å². The van der Waals surface area contributed by atoms with Crippen molar-refractivity contribution in [2.24, 2.45) is 4.99 Å². The van der Waals surface area contributed by atoms with Gasteiger partial charge in [0.25, 0.3) is 0 Å². The van der Waals surface area contributed by atoms with Gasteiger partial charge in [-0.05, 0) is 38.0 Å². The molecule has 0 bridgehead atoms. The van der Waals surface area contributed by atoms with E-state index in [-0.39, 0.29) is 5.54 Å². The summed E-state index contributed by atoms with van der Waals surface area (Å²) in [4.78, 5) is 4.55. The summed E-state index contributed by atoms with van der Waals surface area (Å²) in [7, 11) is 0. The molecule has 2 heterocycles. The third kappa shape index (κ3) is 2.28. The molecule has 0 saturated heterocycles. The molecule has 96 valence electrons. The standard InChI is InChI=1S/C14H17NO3/c1-14(2)8-16-13(15-14)6-4-10-3-5-11-12(7-10)18-9-17-11/h3,5,7H,4,6,8-9H2,1-2H3. The van der Waals surface area contributed by atoms with E-state index in [0.29, 0.717) is 13.4 Å². The van der Waals surface area contributed by atoms with Crippen LogP contribution in [-0.4, -0.2) is 24.8 Å². The van der Waals surface area contributed by atoms with Crippen LogP contribution in [0.2, 0.25) is 0 Å². The van der Waals surface area contributed by atoms with Crippen LogP contribution >= 0.6 is 0 Å². The Kier molecular flexibility index (Phi) is 2.65. The topological polar surface area (TPSA) is 40.0 Å². The maximum absolute atomic E-state index is 5.58. The zero-order valence-corrected chi connectivity index (χ0v) is 10.7. The van der Waals surface area contributed by atoms with Gasteiger partial charge >= 0.3 is 0 Å². The fourth-order valence-corrected chi connectivity index (χ4v) is 2.14. The lowest BCUT2D eigenvalue weighted by Gasteiger charge is -2.07. The first kappa shape index (κ1) is 11.4. The van der Waals surface area contributed by atoms with Gasteiger partial charge < -0.3 is 14.2 Å². The van der Waals surface area contributed by atoms with E-state index >= 15 is 0 Å². The summed E-state index contributed by atoms with van der Waals surface area (Å²) in [5.74, 6) is 2.52. The predicted octanol–water partition coefficient (Wildman–Crippen LogP) is 2.56. The van der Waals surface area contributed by atoms with Gasteiger partial charge in [-0.15, -0.1) is 0 Å². The van der Waals surface area contributed by atoms with Crippen molar-refractivity contribution in [3.05, 3.63) is 23.8 Å². The molecule has 0 radical (unpaired) electrons. The number of rotatable bonds is 3. The van der Waals surface area contributed by atoms with Crippen LogP contribution in [0.5, 0.6) is 11.5 Å². The summed E-state index contributed by atoms with van der Waals surface area (Å²) >= 11 is 0. The van der Waals surface area contributed by atoms with Crippen LogP contribution in [0.3, 0.4) is 0 Å². The van der Waals surface area contributed by atoms with Crippen molar-refractivity contribution in [3.63, 3.8) is 0 Å². The molecule has 1 aromatic rings. The number of ether oxygens (including phenoxy) is 3. The van der Waals surface area contributed by atoms with Crippen molar-refractivity contribution in [2.75, 3.05) is 13.4 Å². The minimum absolute atomic E-state index is 0.0653. The molecule has 0 spiro atoms. The second-order valence-electron chi connectivity index (χ2n) is 5.29. The van der Waals surface area contributed by atoms with E-state index in [1.807, 2.05) is 12.1 Å². The number of aryl methyl sites for hydroxylation is 1. The van der Waals surface area contributed by atoms with E-state index in [2.05, 4.69) is 24.9 Å². The summed E-state index contributed by atoms with van der Waals surface area (Å²) in [6, 6.07) is 6.05. The Morgan fingerprint density at radius 2 is 1.94 bits per heavy atom. The maximum atomic E-state index is 5.58. The molecule has 0 aliphatic carbocycles. The molecule has 0 unspecified atom stereocenters. The number of hydrogen-bond donors (Lipinski definition) is 0. The molecule has 0 aromatic heterocycles. The molecular weight excluding hydrogens is 230 g/mol. The molecule has 18 heavy (non-hydrogen) atoms. The number of benzene rings is 1. The molecule has 0 atom stereocenters. The van der Waals surface area contributed by atoms with Crippen LogP contribution in [0.15, 0.2) is 23.2 Å². The summed E-state index contributed by atoms with van der Waals surface area (Å²) in [5, 5.41) is 0. The van der Waals surface area contributed by atoms with E-state index in [0.717, 1.165) is 30.2 Å². The highest BCUT2D eigenvalue weighted by atomic mass is 16.7. The van der Waals surface area contributed by atoms with Crippen LogP contribution in [0.4, 0.5) is 0 Å². The average Bonchev–Trinajstić information content (AvgIpc) is 2.92. The summed E-state index contributed by atoms with van der Waals surface area (Å²) < 4.78 is 16.2. The molecule has 0 amide bonds. The van der Waals surface area contributed by atoms with E-state index in [1.54, 1.807) is 0 Å². The normalized spacial score (nSPS) is 19.6. The molecule has 2 aliphatic rings. The van der Waals surface area contributed by atoms with Crippen molar-refractivity contribution in [1.29, 1.82) is 0 Å². The SMILES string of the molecule is CC1(C)COC(CCc2ccc3c(c2)OCO3)=N1. The molecule has 4 heteroatoms. The minimum Gasteiger partial charge on any atom is -0.478 e. The van der Waals surface area contributed by atoms with E-state index in [4.69, 9.17) is 14.2 Å². The Morgan fingerprint density at radius 1 is 1.11 bits per heavy atom. The van der Waals surface area contributed by atoms with Crippen LogP contribution < -0.4 is 9.47 Å². The smallest absolute Gasteiger partial charge is 0.231 e. The van der Waals surface area contributed by atoms with Crippen LogP contribution in [0.25, 0.3) is 0 Å². The van der Waals surface area contributed by atoms with Gasteiger partial charge in [-0.3, -0.25) is 0 Å². The monoisotopic (exact) mass is 247 g/mol. The Balaban J connectivity index is 1.64. The molecule has 4 nitrogen and oxygen atoms in total. The highest BCUT2D eigenvalue weighted by molar-refractivity contribution is 5.78. The maximum Gasteiger partial charge on any atom is 0.231 e. The molecule has 0 fully saturated rings. The molecule has 0 N–H and O–H groups in total. The van der Waals surface area contributed by atoms with Gasteiger partial charge in [0.2, 0.25) is 6.79 Å². The average molecular weight is 247 g/mol. The van der Waals surface area contributed by atoms with Gasteiger partial charge in [-0.2, -0.15) is 0 Å². The lowest BCUT2D eigenvalue weighted by molar-refractivity contribution is 0.174. The zero-order chi connectivity index (χ0) is 12.6. The van der Waals surface area contributed by atoms with Crippen LogP contribution in [-0.2, 0) is 11.2 Å². The zero-order valence-electron chi connectivity index (χ0n) is 10.7. The lowest BCUT2D eigenvalue weighted by Crippen LogP contribution is -2.17. The van der Waals surface area contributed by atoms with Gasteiger partial charge in [0.15, 0.2) is 17.4 Å². The number of aliphatic imine (C=N–C) groups is 1. The van der Waals surface area contributed by atoms with Crippen molar-refractivity contribution >= 4 is 5.90 Å². The Labute approximate surface area is 107 Å². The molecule has 3 rings (SSSR count). The molecule has 2 aliphatic heterocycles. The first-order chi connectivity index (χ1) is 8.62. The predicted molar refractivity (Wildman–Crippen MR) is 68.4 cm³/mol. The quantitative estimate of drug-likeness (QED) is 0.824. The van der Waals surface area contributed by atoms with Crippen molar-refractivity contribution in [2.45, 2.75) is 32.2 Å². The fourth-order valence-electron chi connectivity index (χ4n) is 2.14.